The number of alkyl halides is 1. The molecule has 1 saturated carbocycles. The van der Waals surface area contributed by atoms with Gasteiger partial charge in [-0.1, -0.05) is 23.5 Å². The van der Waals surface area contributed by atoms with Crippen LogP contribution in [0.2, 0.25) is 0 Å². The van der Waals surface area contributed by atoms with Crippen LogP contribution in [0, 0.1) is 5.92 Å². The number of rotatable bonds is 5. The van der Waals surface area contributed by atoms with Crippen LogP contribution in [0.3, 0.4) is 0 Å². The highest BCUT2D eigenvalue weighted by molar-refractivity contribution is 7.18. The van der Waals surface area contributed by atoms with Crippen molar-refractivity contribution in [2.45, 2.75) is 30.3 Å². The zero-order chi connectivity index (χ0) is 21.2. The molecule has 4 N–H and O–H groups in total. The van der Waals surface area contributed by atoms with E-state index in [9.17, 15) is 4.79 Å². The summed E-state index contributed by atoms with van der Waals surface area (Å²) >= 11 is 8.21. The van der Waals surface area contributed by atoms with Crippen molar-refractivity contribution in [2.24, 2.45) is 5.92 Å². The van der Waals surface area contributed by atoms with Gasteiger partial charge in [-0.2, -0.15) is 0 Å². The molecule has 2 aromatic heterocycles. The Morgan fingerprint density at radius 2 is 2.16 bits per heavy atom. The summed E-state index contributed by atoms with van der Waals surface area (Å²) in [5.41, 5.74) is 8.29. The minimum Gasteiger partial charge on any atom is -0.356 e. The highest BCUT2D eigenvalue weighted by Crippen LogP contribution is 2.34. The van der Waals surface area contributed by atoms with E-state index in [1.807, 2.05) is 24.3 Å². The molecule has 1 aliphatic carbocycles. The molecule has 0 bridgehead atoms. The Labute approximate surface area is 188 Å². The fourth-order valence-electron chi connectivity index (χ4n) is 4.04. The van der Waals surface area contributed by atoms with Crippen molar-refractivity contribution < 1.29 is 4.79 Å². The number of fused-ring (bicyclic) bond motifs is 1. The summed E-state index contributed by atoms with van der Waals surface area (Å²) < 4.78 is 0. The van der Waals surface area contributed by atoms with Crippen molar-refractivity contribution >= 4 is 39.7 Å². The summed E-state index contributed by atoms with van der Waals surface area (Å²) in [4.78, 5) is 20.3. The lowest BCUT2D eigenvalue weighted by Gasteiger charge is -2.35. The molecule has 9 nitrogen and oxygen atoms in total. The van der Waals surface area contributed by atoms with E-state index in [4.69, 9.17) is 11.6 Å². The zero-order valence-corrected chi connectivity index (χ0v) is 18.0. The van der Waals surface area contributed by atoms with Gasteiger partial charge in [0.2, 0.25) is 5.13 Å². The van der Waals surface area contributed by atoms with Crippen LogP contribution in [-0.4, -0.2) is 50.1 Å². The van der Waals surface area contributed by atoms with Gasteiger partial charge in [-0.15, -0.1) is 21.8 Å². The molecule has 4 atom stereocenters. The molecular weight excluding hydrogens is 436 g/mol. The molecule has 31 heavy (non-hydrogen) atoms. The van der Waals surface area contributed by atoms with Crippen LogP contribution in [0.5, 0.6) is 0 Å². The number of aromatic nitrogens is 4. The molecule has 1 amide bonds. The van der Waals surface area contributed by atoms with Crippen LogP contribution in [0.25, 0.3) is 10.6 Å². The molecule has 0 spiro atoms. The van der Waals surface area contributed by atoms with Crippen LogP contribution in [-0.2, 0) is 0 Å². The van der Waals surface area contributed by atoms with E-state index >= 15 is 0 Å². The molecule has 3 heterocycles. The SMILES string of the molecule is O=C(Nc1cccc(-c2nnc(NC3CCC4NNCC4C3Cl)s2)c1)c1cnccn1. The van der Waals surface area contributed by atoms with Gasteiger partial charge in [0.1, 0.15) is 10.7 Å². The molecule has 0 radical (unpaired) electrons. The third-order valence-electron chi connectivity index (χ3n) is 5.62. The largest absolute Gasteiger partial charge is 0.356 e. The number of nitrogens with one attached hydrogen (secondary N) is 4. The first-order valence-corrected chi connectivity index (χ1v) is 11.3. The predicted octanol–water partition coefficient (Wildman–Crippen LogP) is 2.52. The first-order valence-electron chi connectivity index (χ1n) is 10.1. The summed E-state index contributed by atoms with van der Waals surface area (Å²) in [6, 6.07) is 8.08. The lowest BCUT2D eigenvalue weighted by atomic mass is 9.82. The maximum atomic E-state index is 12.3. The van der Waals surface area contributed by atoms with E-state index in [1.54, 1.807) is 0 Å². The van der Waals surface area contributed by atoms with Gasteiger partial charge in [0.25, 0.3) is 5.91 Å². The Kier molecular flexibility index (Phi) is 5.77. The highest BCUT2D eigenvalue weighted by atomic mass is 35.5. The Balaban J connectivity index is 1.26. The normalized spacial score (nSPS) is 25.1. The Hall–Kier alpha value is -2.66. The molecule has 160 valence electrons. The fourth-order valence-corrected chi connectivity index (χ4v) is 5.30. The number of hydrogen-bond donors (Lipinski definition) is 4. The summed E-state index contributed by atoms with van der Waals surface area (Å²) in [6.07, 6.45) is 6.48. The topological polar surface area (TPSA) is 117 Å². The van der Waals surface area contributed by atoms with Gasteiger partial charge in [0, 0.05) is 48.2 Å². The van der Waals surface area contributed by atoms with Crippen molar-refractivity contribution in [3.63, 3.8) is 0 Å². The van der Waals surface area contributed by atoms with Crippen molar-refractivity contribution in [2.75, 3.05) is 17.2 Å². The smallest absolute Gasteiger partial charge is 0.275 e. The number of hydrazine groups is 1. The lowest BCUT2D eigenvalue weighted by Crippen LogP contribution is -2.47. The van der Waals surface area contributed by atoms with Crippen molar-refractivity contribution in [3.05, 3.63) is 48.5 Å². The average molecular weight is 457 g/mol. The van der Waals surface area contributed by atoms with E-state index < -0.39 is 0 Å². The van der Waals surface area contributed by atoms with E-state index in [2.05, 4.69) is 41.7 Å². The van der Waals surface area contributed by atoms with E-state index in [1.165, 1.54) is 29.9 Å². The zero-order valence-electron chi connectivity index (χ0n) is 16.5. The van der Waals surface area contributed by atoms with E-state index in [0.29, 0.717) is 17.6 Å². The number of carbonyl (C=O) groups is 1. The summed E-state index contributed by atoms with van der Waals surface area (Å²) in [5.74, 6) is 0.0828. The molecule has 1 saturated heterocycles. The van der Waals surface area contributed by atoms with Crippen LogP contribution in [0.15, 0.2) is 42.9 Å². The maximum Gasteiger partial charge on any atom is 0.275 e. The van der Waals surface area contributed by atoms with Crippen LogP contribution in [0.4, 0.5) is 10.8 Å². The summed E-state index contributed by atoms with van der Waals surface area (Å²) in [5, 5.41) is 16.5. The van der Waals surface area contributed by atoms with Gasteiger partial charge in [0.05, 0.1) is 11.6 Å². The van der Waals surface area contributed by atoms with Gasteiger partial charge in [-0.25, -0.2) is 4.98 Å². The molecule has 1 aromatic carbocycles. The van der Waals surface area contributed by atoms with Gasteiger partial charge in [-0.05, 0) is 25.0 Å². The number of nitrogens with zero attached hydrogens (tertiary/aromatic N) is 4. The van der Waals surface area contributed by atoms with Gasteiger partial charge in [-0.3, -0.25) is 20.6 Å². The number of benzene rings is 1. The van der Waals surface area contributed by atoms with Gasteiger partial charge in [0.15, 0.2) is 0 Å². The number of anilines is 2. The Bertz CT molecular complexity index is 1060. The molecule has 11 heteroatoms. The van der Waals surface area contributed by atoms with Crippen molar-refractivity contribution in [1.29, 1.82) is 0 Å². The standard InChI is InChI=1S/C20H21ClN8OS/c21-17-13-9-24-27-14(13)4-5-15(17)26-20-29-28-19(31-20)11-2-1-3-12(8-11)25-18(30)16-10-22-6-7-23-16/h1-3,6-8,10,13-15,17,24,27H,4-5,9H2,(H,25,30)(H,26,29). The number of hydrogen-bond acceptors (Lipinski definition) is 9. The maximum absolute atomic E-state index is 12.3. The summed E-state index contributed by atoms with van der Waals surface area (Å²) in [7, 11) is 0. The molecule has 5 rings (SSSR count). The minimum atomic E-state index is -0.315. The highest BCUT2D eigenvalue weighted by Gasteiger charge is 2.41. The Morgan fingerprint density at radius 1 is 1.23 bits per heavy atom. The number of amides is 1. The summed E-state index contributed by atoms with van der Waals surface area (Å²) in [6.45, 7) is 0.880. The third-order valence-corrected chi connectivity index (χ3v) is 7.15. The lowest BCUT2D eigenvalue weighted by molar-refractivity contribution is 0.102. The monoisotopic (exact) mass is 456 g/mol. The quantitative estimate of drug-likeness (QED) is 0.433. The van der Waals surface area contributed by atoms with Crippen molar-refractivity contribution in [3.8, 4) is 10.6 Å². The van der Waals surface area contributed by atoms with Gasteiger partial charge < -0.3 is 10.6 Å². The number of carbonyl (C=O) groups excluding carboxylic acids is 1. The molecule has 3 aromatic rings. The second-order valence-corrected chi connectivity index (χ2v) is 9.09. The van der Waals surface area contributed by atoms with E-state index in [-0.39, 0.29) is 23.0 Å². The molecule has 1 aliphatic heterocycles. The first-order chi connectivity index (χ1) is 15.2. The number of halogens is 1. The third kappa shape index (κ3) is 4.38. The van der Waals surface area contributed by atoms with Crippen LogP contribution >= 0.6 is 22.9 Å². The molecule has 4 unspecified atom stereocenters. The predicted molar refractivity (Wildman–Crippen MR) is 120 cm³/mol. The second-order valence-electron chi connectivity index (χ2n) is 7.61. The van der Waals surface area contributed by atoms with E-state index in [0.717, 1.165) is 35.1 Å². The molecular formula is C20H21ClN8OS. The molecule has 2 aliphatic rings. The van der Waals surface area contributed by atoms with Crippen LogP contribution in [0.1, 0.15) is 23.3 Å². The fraction of sp³-hybridized carbons (Fsp3) is 0.350. The van der Waals surface area contributed by atoms with Gasteiger partial charge >= 0.3 is 0 Å². The minimum absolute atomic E-state index is 0.0215. The van der Waals surface area contributed by atoms with Crippen LogP contribution < -0.4 is 21.5 Å². The average Bonchev–Trinajstić information content (AvgIpc) is 3.47. The Morgan fingerprint density at radius 3 is 3.03 bits per heavy atom. The molecule has 2 fully saturated rings. The second kappa shape index (κ2) is 8.83. The first kappa shape index (κ1) is 20.3. The van der Waals surface area contributed by atoms with Crippen molar-refractivity contribution in [1.82, 2.24) is 31.0 Å².